The number of carbonyl (C=O) groups excluding carboxylic acids is 3. The highest BCUT2D eigenvalue weighted by Crippen LogP contribution is 2.45. The first kappa shape index (κ1) is 37.5. The van der Waals surface area contributed by atoms with Crippen LogP contribution in [0.3, 0.4) is 0 Å². The lowest BCUT2D eigenvalue weighted by molar-refractivity contribution is -0.146. The number of carboxylic acids is 1. The number of allylic oxidation sites excluding steroid dienone is 1. The molecule has 5 atom stereocenters. The number of amides is 3. The molecule has 2 aliphatic heterocycles. The SMILES string of the molecule is C=C[C@@H]1C[C@]1(NC(=O)[C@@H]1C[C@@H]2CN1C(=O)[C@H](C(C)(C)C)NC(=O)OC(C)(C)CCCC/C=C/c1cccc(c1)-c1nn2nc1-c1ccccc1)C(=O)O. The van der Waals surface area contributed by atoms with Crippen molar-refractivity contribution in [3.8, 4) is 22.5 Å². The average Bonchev–Trinajstić information content (AvgIpc) is 3.41. The van der Waals surface area contributed by atoms with E-state index in [2.05, 4.69) is 35.4 Å². The summed E-state index contributed by atoms with van der Waals surface area (Å²) in [4.78, 5) is 57.6. The Balaban J connectivity index is 1.44. The Morgan fingerprint density at radius 3 is 2.40 bits per heavy atom. The first-order chi connectivity index (χ1) is 25.1. The summed E-state index contributed by atoms with van der Waals surface area (Å²) in [5.41, 5.74) is 0.967. The van der Waals surface area contributed by atoms with E-state index in [9.17, 15) is 24.3 Å². The number of nitrogens with one attached hydrogen (secondary N) is 2. The van der Waals surface area contributed by atoms with Crippen LogP contribution in [-0.2, 0) is 19.1 Å². The van der Waals surface area contributed by atoms with Crippen molar-refractivity contribution in [2.75, 3.05) is 6.54 Å². The molecule has 2 aromatic carbocycles. The second-order valence-corrected chi connectivity index (χ2v) is 16.2. The number of benzene rings is 2. The zero-order valence-corrected chi connectivity index (χ0v) is 31.2. The fourth-order valence-electron chi connectivity index (χ4n) is 7.35. The Bertz CT molecular complexity index is 1910. The van der Waals surface area contributed by atoms with Gasteiger partial charge in [0.2, 0.25) is 11.8 Å². The molecule has 12 heteroatoms. The van der Waals surface area contributed by atoms with Crippen LogP contribution in [0.25, 0.3) is 28.6 Å². The van der Waals surface area contributed by atoms with Crippen molar-refractivity contribution in [1.29, 1.82) is 0 Å². The van der Waals surface area contributed by atoms with Gasteiger partial charge in [0.15, 0.2) is 0 Å². The molecule has 1 aliphatic carbocycles. The minimum Gasteiger partial charge on any atom is -0.479 e. The number of carboxylic acid groups (broad SMARTS) is 1. The Labute approximate surface area is 310 Å². The number of ether oxygens (including phenoxy) is 1. The molecule has 1 aromatic heterocycles. The maximum Gasteiger partial charge on any atom is 0.408 e. The van der Waals surface area contributed by atoms with Gasteiger partial charge in [-0.25, -0.2) is 9.59 Å². The van der Waals surface area contributed by atoms with E-state index in [-0.39, 0.29) is 19.4 Å². The monoisotopic (exact) mass is 722 g/mol. The number of cyclic esters (lactones) is 1. The van der Waals surface area contributed by atoms with Gasteiger partial charge in [-0.15, -0.1) is 6.58 Å². The molecule has 3 heterocycles. The number of aliphatic carboxylic acids is 1. The fourth-order valence-corrected chi connectivity index (χ4v) is 7.35. The molecule has 3 amide bonds. The highest BCUT2D eigenvalue weighted by atomic mass is 16.6. The van der Waals surface area contributed by atoms with Gasteiger partial charge in [0, 0.05) is 30.0 Å². The number of carbonyl (C=O) groups is 4. The number of hydrogen-bond donors (Lipinski definition) is 3. The molecule has 6 rings (SSSR count). The normalized spacial score (nSPS) is 26.7. The lowest BCUT2D eigenvalue weighted by atomic mass is 9.85. The maximum absolute atomic E-state index is 14.7. The first-order valence-electron chi connectivity index (χ1n) is 18.4. The van der Waals surface area contributed by atoms with Crippen molar-refractivity contribution >= 4 is 30.0 Å². The molecule has 280 valence electrons. The lowest BCUT2D eigenvalue weighted by Crippen LogP contribution is -2.59. The van der Waals surface area contributed by atoms with Crippen molar-refractivity contribution in [2.45, 2.75) is 102 Å². The second kappa shape index (κ2) is 14.6. The van der Waals surface area contributed by atoms with Crippen LogP contribution < -0.4 is 10.6 Å². The number of nitrogens with zero attached hydrogens (tertiary/aromatic N) is 4. The lowest BCUT2D eigenvalue weighted by Gasteiger charge is -2.36. The first-order valence-corrected chi connectivity index (χ1v) is 18.4. The van der Waals surface area contributed by atoms with Crippen molar-refractivity contribution in [3.63, 3.8) is 0 Å². The molecule has 53 heavy (non-hydrogen) atoms. The largest absolute Gasteiger partial charge is 0.479 e. The van der Waals surface area contributed by atoms with Crippen LogP contribution in [0.2, 0.25) is 0 Å². The van der Waals surface area contributed by atoms with Gasteiger partial charge in [-0.2, -0.15) is 15.0 Å². The third kappa shape index (κ3) is 8.06. The summed E-state index contributed by atoms with van der Waals surface area (Å²) in [5, 5.41) is 25.7. The van der Waals surface area contributed by atoms with Crippen LogP contribution >= 0.6 is 0 Å². The predicted octanol–water partition coefficient (Wildman–Crippen LogP) is 6.41. The maximum atomic E-state index is 14.7. The van der Waals surface area contributed by atoms with Crippen LogP contribution in [0.15, 0.2) is 73.3 Å². The van der Waals surface area contributed by atoms with Gasteiger partial charge in [-0.3, -0.25) is 9.59 Å². The van der Waals surface area contributed by atoms with Crippen LogP contribution in [0, 0.1) is 11.3 Å². The van der Waals surface area contributed by atoms with E-state index in [0.29, 0.717) is 17.8 Å². The molecule has 3 aromatic rings. The molecule has 1 saturated heterocycles. The van der Waals surface area contributed by atoms with Gasteiger partial charge in [-0.05, 0) is 63.0 Å². The van der Waals surface area contributed by atoms with Gasteiger partial charge in [0.25, 0.3) is 0 Å². The Morgan fingerprint density at radius 1 is 1.04 bits per heavy atom. The minimum atomic E-state index is -1.50. The Hall–Kier alpha value is -5.26. The molecular weight excluding hydrogens is 672 g/mol. The van der Waals surface area contributed by atoms with E-state index in [1.54, 1.807) is 4.80 Å². The zero-order valence-electron chi connectivity index (χ0n) is 31.2. The van der Waals surface area contributed by atoms with Crippen LogP contribution in [0.4, 0.5) is 4.79 Å². The standard InChI is InChI=1S/C41H50N6O6/c1-7-29-24-41(29,37(50)51)43-35(48)31-23-30-25-46(31)36(49)34(39(2,3)4)42-38(52)53-40(5,6)21-14-9-8-11-16-26-17-15-20-28(22-26)33-32(44-47(30)45-33)27-18-12-10-13-19-27/h7,10-13,15-20,22,29-31,34H,1,8-9,14,21,23-25H2,2-6H3,(H,42,52)(H,43,48)(H,50,51)/b16-11+/t29-,30-,31+,34-,41-/m1/s1. The van der Waals surface area contributed by atoms with Gasteiger partial charge >= 0.3 is 12.1 Å². The molecule has 0 unspecified atom stereocenters. The van der Waals surface area contributed by atoms with Crippen LogP contribution in [-0.4, -0.2) is 78.6 Å². The number of fused-ring (bicyclic) bond motifs is 8. The third-order valence-electron chi connectivity index (χ3n) is 10.5. The summed E-state index contributed by atoms with van der Waals surface area (Å²) < 4.78 is 5.88. The van der Waals surface area contributed by atoms with Crippen molar-refractivity contribution in [3.05, 3.63) is 78.9 Å². The molecule has 0 spiro atoms. The van der Waals surface area contributed by atoms with Crippen molar-refractivity contribution < 1.29 is 29.0 Å². The minimum absolute atomic E-state index is 0.0435. The molecule has 3 aliphatic rings. The molecular formula is C41H50N6O6. The predicted molar refractivity (Wildman–Crippen MR) is 201 cm³/mol. The zero-order chi connectivity index (χ0) is 38.1. The fraction of sp³-hybridized carbons (Fsp3) is 0.463. The van der Waals surface area contributed by atoms with Gasteiger partial charge in [0.05, 0.1) is 6.04 Å². The Morgan fingerprint density at radius 2 is 1.74 bits per heavy atom. The van der Waals surface area contributed by atoms with Crippen molar-refractivity contribution in [2.24, 2.45) is 11.3 Å². The summed E-state index contributed by atoms with van der Waals surface area (Å²) >= 11 is 0. The summed E-state index contributed by atoms with van der Waals surface area (Å²) in [6.45, 7) is 13.0. The van der Waals surface area contributed by atoms with E-state index in [0.717, 1.165) is 36.0 Å². The summed E-state index contributed by atoms with van der Waals surface area (Å²) in [7, 11) is 0. The molecule has 2 fully saturated rings. The van der Waals surface area contributed by atoms with E-state index in [1.165, 1.54) is 11.0 Å². The number of aromatic nitrogens is 3. The summed E-state index contributed by atoms with van der Waals surface area (Å²) in [6, 6.07) is 15.1. The summed E-state index contributed by atoms with van der Waals surface area (Å²) in [5.74, 6) is -2.70. The van der Waals surface area contributed by atoms with E-state index >= 15 is 0 Å². The van der Waals surface area contributed by atoms with E-state index < -0.39 is 64.5 Å². The molecule has 1 saturated carbocycles. The number of alkyl carbamates (subject to hydrolysis) is 1. The van der Waals surface area contributed by atoms with Crippen LogP contribution in [0.5, 0.6) is 0 Å². The van der Waals surface area contributed by atoms with Gasteiger partial charge in [-0.1, -0.05) is 87.5 Å². The molecule has 0 radical (unpaired) electrons. The topological polar surface area (TPSA) is 156 Å². The average molecular weight is 723 g/mol. The quantitative estimate of drug-likeness (QED) is 0.256. The molecule has 12 nitrogen and oxygen atoms in total. The van der Waals surface area contributed by atoms with E-state index in [1.807, 2.05) is 83.1 Å². The third-order valence-corrected chi connectivity index (χ3v) is 10.5. The second-order valence-electron chi connectivity index (χ2n) is 16.2. The highest BCUT2D eigenvalue weighted by molar-refractivity contribution is 5.96. The number of rotatable bonds is 5. The van der Waals surface area contributed by atoms with Gasteiger partial charge in [0.1, 0.15) is 34.6 Å². The number of hydrogen-bond acceptors (Lipinski definition) is 7. The summed E-state index contributed by atoms with van der Waals surface area (Å²) in [6.07, 6.45) is 8.55. The highest BCUT2D eigenvalue weighted by Gasteiger charge is 2.61. The smallest absolute Gasteiger partial charge is 0.408 e. The van der Waals surface area contributed by atoms with Crippen LogP contribution in [0.1, 0.15) is 84.7 Å². The Kier molecular flexibility index (Phi) is 10.4. The van der Waals surface area contributed by atoms with Crippen molar-refractivity contribution in [1.82, 2.24) is 30.5 Å². The molecule has 6 bridgehead atoms. The van der Waals surface area contributed by atoms with Gasteiger partial charge < -0.3 is 25.4 Å². The molecule has 3 N–H and O–H groups in total. The van der Waals surface area contributed by atoms with E-state index in [4.69, 9.17) is 14.9 Å².